The fourth-order valence-electron chi connectivity index (χ4n) is 1.79. The van der Waals surface area contributed by atoms with E-state index in [1.807, 2.05) is 0 Å². The molecule has 0 spiro atoms. The summed E-state index contributed by atoms with van der Waals surface area (Å²) in [6.45, 7) is 6.36. The van der Waals surface area contributed by atoms with Gasteiger partial charge in [0.25, 0.3) is 0 Å². The molecule has 0 aromatic heterocycles. The van der Waals surface area contributed by atoms with Crippen molar-refractivity contribution in [2.24, 2.45) is 5.73 Å². The highest BCUT2D eigenvalue weighted by Crippen LogP contribution is 2.18. The summed E-state index contributed by atoms with van der Waals surface area (Å²) in [6, 6.07) is 6.69. The zero-order valence-electron chi connectivity index (χ0n) is 10.4. The van der Waals surface area contributed by atoms with Crippen molar-refractivity contribution in [2.45, 2.75) is 19.9 Å². The number of ether oxygens (including phenoxy) is 1. The molecule has 90 valence electrons. The molecule has 0 saturated heterocycles. The van der Waals surface area contributed by atoms with Gasteiger partial charge in [0, 0.05) is 26.2 Å². The third-order valence-electron chi connectivity index (χ3n) is 2.74. The SMILES string of the molecule is COCCNC(CN)c1cc(C)ccc1C. The second-order valence-corrected chi connectivity index (χ2v) is 4.10. The van der Waals surface area contributed by atoms with Gasteiger partial charge in [-0.3, -0.25) is 0 Å². The lowest BCUT2D eigenvalue weighted by Gasteiger charge is -2.19. The van der Waals surface area contributed by atoms with Crippen LogP contribution in [0.4, 0.5) is 0 Å². The van der Waals surface area contributed by atoms with Gasteiger partial charge in [-0.1, -0.05) is 23.8 Å². The molecule has 0 aliphatic heterocycles. The van der Waals surface area contributed by atoms with Crippen LogP contribution in [0.1, 0.15) is 22.7 Å². The van der Waals surface area contributed by atoms with Crippen LogP contribution < -0.4 is 11.1 Å². The molecule has 0 fully saturated rings. The minimum absolute atomic E-state index is 0.218. The molecule has 3 N–H and O–H groups in total. The highest BCUT2D eigenvalue weighted by atomic mass is 16.5. The van der Waals surface area contributed by atoms with Crippen LogP contribution in [0.15, 0.2) is 18.2 Å². The summed E-state index contributed by atoms with van der Waals surface area (Å²) in [4.78, 5) is 0. The molecule has 1 aromatic carbocycles. The summed E-state index contributed by atoms with van der Waals surface area (Å²) >= 11 is 0. The smallest absolute Gasteiger partial charge is 0.0587 e. The number of rotatable bonds is 6. The molecular weight excluding hydrogens is 200 g/mol. The van der Waals surface area contributed by atoms with Crippen molar-refractivity contribution in [3.63, 3.8) is 0 Å². The van der Waals surface area contributed by atoms with Crippen LogP contribution in [0.5, 0.6) is 0 Å². The third kappa shape index (κ3) is 3.59. The molecular formula is C13H22N2O. The average Bonchev–Trinajstić information content (AvgIpc) is 2.28. The lowest BCUT2D eigenvalue weighted by molar-refractivity contribution is 0.196. The predicted molar refractivity (Wildman–Crippen MR) is 67.6 cm³/mol. The molecule has 3 nitrogen and oxygen atoms in total. The van der Waals surface area contributed by atoms with Gasteiger partial charge < -0.3 is 15.8 Å². The van der Waals surface area contributed by atoms with Crippen molar-refractivity contribution < 1.29 is 4.74 Å². The van der Waals surface area contributed by atoms with E-state index >= 15 is 0 Å². The minimum Gasteiger partial charge on any atom is -0.383 e. The third-order valence-corrected chi connectivity index (χ3v) is 2.74. The zero-order valence-corrected chi connectivity index (χ0v) is 10.4. The Hall–Kier alpha value is -0.900. The van der Waals surface area contributed by atoms with E-state index in [9.17, 15) is 0 Å². The molecule has 0 amide bonds. The number of benzene rings is 1. The molecule has 0 radical (unpaired) electrons. The number of methoxy groups -OCH3 is 1. The first-order valence-corrected chi connectivity index (χ1v) is 5.68. The monoisotopic (exact) mass is 222 g/mol. The standard InChI is InChI=1S/C13H22N2O/c1-10-4-5-11(2)12(8-10)13(9-14)15-6-7-16-3/h4-5,8,13,15H,6-7,9,14H2,1-3H3. The van der Waals surface area contributed by atoms with Crippen LogP contribution in [0.2, 0.25) is 0 Å². The fraction of sp³-hybridized carbons (Fsp3) is 0.538. The Balaban J connectivity index is 2.73. The molecule has 1 atom stereocenters. The van der Waals surface area contributed by atoms with E-state index in [1.165, 1.54) is 16.7 Å². The quantitative estimate of drug-likeness (QED) is 0.718. The Bertz CT molecular complexity index is 326. The summed E-state index contributed by atoms with van der Waals surface area (Å²) in [6.07, 6.45) is 0. The fourth-order valence-corrected chi connectivity index (χ4v) is 1.79. The predicted octanol–water partition coefficient (Wildman–Crippen LogP) is 1.54. The first-order valence-electron chi connectivity index (χ1n) is 5.68. The normalized spacial score (nSPS) is 12.8. The molecule has 0 bridgehead atoms. The van der Waals surface area contributed by atoms with Gasteiger partial charge in [0.1, 0.15) is 0 Å². The Morgan fingerprint density at radius 3 is 2.75 bits per heavy atom. The Morgan fingerprint density at radius 2 is 2.12 bits per heavy atom. The van der Waals surface area contributed by atoms with Crippen LogP contribution in [0.3, 0.4) is 0 Å². The van der Waals surface area contributed by atoms with Crippen LogP contribution in [-0.4, -0.2) is 26.8 Å². The number of aryl methyl sites for hydroxylation is 2. The number of hydrogen-bond acceptors (Lipinski definition) is 3. The largest absolute Gasteiger partial charge is 0.383 e. The Labute approximate surface area is 98.0 Å². The van der Waals surface area contributed by atoms with Gasteiger partial charge >= 0.3 is 0 Å². The molecule has 1 unspecified atom stereocenters. The van der Waals surface area contributed by atoms with Gasteiger partial charge in [0.2, 0.25) is 0 Å². The summed E-state index contributed by atoms with van der Waals surface area (Å²) in [7, 11) is 1.71. The first-order chi connectivity index (χ1) is 7.69. The average molecular weight is 222 g/mol. The van der Waals surface area contributed by atoms with Crippen LogP contribution >= 0.6 is 0 Å². The maximum absolute atomic E-state index is 5.80. The van der Waals surface area contributed by atoms with Crippen molar-refractivity contribution in [1.29, 1.82) is 0 Å². The van der Waals surface area contributed by atoms with E-state index in [0.29, 0.717) is 13.2 Å². The zero-order chi connectivity index (χ0) is 12.0. The van der Waals surface area contributed by atoms with Crippen LogP contribution in [0.25, 0.3) is 0 Å². The number of nitrogens with two attached hydrogens (primary N) is 1. The maximum Gasteiger partial charge on any atom is 0.0587 e. The molecule has 0 aliphatic rings. The first kappa shape index (κ1) is 13.2. The summed E-state index contributed by atoms with van der Waals surface area (Å²) in [5.74, 6) is 0. The Morgan fingerprint density at radius 1 is 1.38 bits per heavy atom. The molecule has 0 aliphatic carbocycles. The van der Waals surface area contributed by atoms with E-state index in [1.54, 1.807) is 7.11 Å². The molecule has 3 heteroatoms. The van der Waals surface area contributed by atoms with E-state index < -0.39 is 0 Å². The summed E-state index contributed by atoms with van der Waals surface area (Å²) < 4.78 is 5.02. The minimum atomic E-state index is 0.218. The van der Waals surface area contributed by atoms with Crippen LogP contribution in [-0.2, 0) is 4.74 Å². The van der Waals surface area contributed by atoms with E-state index in [2.05, 4.69) is 37.4 Å². The van der Waals surface area contributed by atoms with Crippen molar-refractivity contribution in [2.75, 3.05) is 26.8 Å². The van der Waals surface area contributed by atoms with Crippen molar-refractivity contribution in [3.8, 4) is 0 Å². The summed E-state index contributed by atoms with van der Waals surface area (Å²) in [5, 5.41) is 3.40. The number of hydrogen-bond donors (Lipinski definition) is 2. The topological polar surface area (TPSA) is 47.3 Å². The van der Waals surface area contributed by atoms with E-state index in [-0.39, 0.29) is 6.04 Å². The maximum atomic E-state index is 5.80. The van der Waals surface area contributed by atoms with Gasteiger partial charge in [0.05, 0.1) is 6.61 Å². The highest BCUT2D eigenvalue weighted by molar-refractivity contribution is 5.33. The van der Waals surface area contributed by atoms with Gasteiger partial charge in [-0.15, -0.1) is 0 Å². The molecule has 16 heavy (non-hydrogen) atoms. The van der Waals surface area contributed by atoms with E-state index in [0.717, 1.165) is 6.54 Å². The molecule has 0 saturated carbocycles. The molecule has 1 rings (SSSR count). The van der Waals surface area contributed by atoms with Crippen molar-refractivity contribution in [1.82, 2.24) is 5.32 Å². The van der Waals surface area contributed by atoms with Crippen molar-refractivity contribution >= 4 is 0 Å². The molecule has 0 heterocycles. The lowest BCUT2D eigenvalue weighted by Crippen LogP contribution is -2.31. The summed E-state index contributed by atoms with van der Waals surface area (Å²) in [5.41, 5.74) is 9.65. The lowest BCUT2D eigenvalue weighted by atomic mass is 9.99. The highest BCUT2D eigenvalue weighted by Gasteiger charge is 2.11. The molecule has 1 aromatic rings. The Kier molecular flexibility index (Phi) is 5.46. The van der Waals surface area contributed by atoms with Gasteiger partial charge in [-0.25, -0.2) is 0 Å². The van der Waals surface area contributed by atoms with Gasteiger partial charge in [0.15, 0.2) is 0 Å². The van der Waals surface area contributed by atoms with Gasteiger partial charge in [-0.05, 0) is 25.0 Å². The van der Waals surface area contributed by atoms with E-state index in [4.69, 9.17) is 10.5 Å². The van der Waals surface area contributed by atoms with Gasteiger partial charge in [-0.2, -0.15) is 0 Å². The van der Waals surface area contributed by atoms with Crippen LogP contribution in [0, 0.1) is 13.8 Å². The second kappa shape index (κ2) is 6.63. The number of nitrogens with one attached hydrogen (secondary N) is 1. The second-order valence-electron chi connectivity index (χ2n) is 4.10. The van der Waals surface area contributed by atoms with Crippen molar-refractivity contribution in [3.05, 3.63) is 34.9 Å².